The lowest BCUT2D eigenvalue weighted by atomic mass is 10.2. The molecule has 1 saturated heterocycles. The molecule has 124 valence electrons. The van der Waals surface area contributed by atoms with Crippen molar-refractivity contribution in [1.82, 2.24) is 9.62 Å². The summed E-state index contributed by atoms with van der Waals surface area (Å²) in [5, 5.41) is 3.14. The van der Waals surface area contributed by atoms with E-state index in [1.165, 1.54) is 4.31 Å². The zero-order chi connectivity index (χ0) is 16.5. The molecular formula is C13H17F3N2O3S. The molecule has 1 heterocycles. The second kappa shape index (κ2) is 6.43. The fourth-order valence-electron chi connectivity index (χ4n) is 2.29. The van der Waals surface area contributed by atoms with Gasteiger partial charge < -0.3 is 10.1 Å². The van der Waals surface area contributed by atoms with E-state index in [4.69, 9.17) is 0 Å². The molecule has 1 aliphatic rings. The predicted molar refractivity (Wildman–Crippen MR) is 73.9 cm³/mol. The van der Waals surface area contributed by atoms with Gasteiger partial charge in [-0.25, -0.2) is 12.8 Å². The Hall–Kier alpha value is -1.32. The van der Waals surface area contributed by atoms with Gasteiger partial charge in [-0.3, -0.25) is 0 Å². The SMILES string of the molecule is CC1CN(S(=O)(=O)c2ccc(OC(F)F)c(F)c2)C(C)CN1. The van der Waals surface area contributed by atoms with Crippen molar-refractivity contribution in [3.63, 3.8) is 0 Å². The van der Waals surface area contributed by atoms with Gasteiger partial charge in [-0.1, -0.05) is 0 Å². The van der Waals surface area contributed by atoms with E-state index < -0.39 is 28.2 Å². The van der Waals surface area contributed by atoms with Crippen LogP contribution in [-0.4, -0.2) is 44.5 Å². The van der Waals surface area contributed by atoms with E-state index in [-0.39, 0.29) is 23.5 Å². The molecule has 0 spiro atoms. The van der Waals surface area contributed by atoms with E-state index in [9.17, 15) is 21.6 Å². The minimum absolute atomic E-state index is 0.0303. The molecule has 1 N–H and O–H groups in total. The Labute approximate surface area is 127 Å². The van der Waals surface area contributed by atoms with Gasteiger partial charge in [0, 0.05) is 25.2 Å². The molecule has 9 heteroatoms. The predicted octanol–water partition coefficient (Wildman–Crippen LogP) is 1.80. The Bertz CT molecular complexity index is 639. The molecule has 22 heavy (non-hydrogen) atoms. The van der Waals surface area contributed by atoms with Crippen LogP contribution in [0.15, 0.2) is 23.1 Å². The van der Waals surface area contributed by atoms with Crippen LogP contribution in [0.5, 0.6) is 5.75 Å². The summed E-state index contributed by atoms with van der Waals surface area (Å²) in [6, 6.07) is 2.34. The summed E-state index contributed by atoms with van der Waals surface area (Å²) < 4.78 is 68.3. The van der Waals surface area contributed by atoms with Gasteiger partial charge in [0.05, 0.1) is 4.90 Å². The molecule has 0 aliphatic carbocycles. The van der Waals surface area contributed by atoms with Gasteiger partial charge in [0.25, 0.3) is 0 Å². The Balaban J connectivity index is 2.31. The lowest BCUT2D eigenvalue weighted by Crippen LogP contribution is -2.56. The number of rotatable bonds is 4. The third-order valence-electron chi connectivity index (χ3n) is 3.43. The first kappa shape index (κ1) is 17.0. The topological polar surface area (TPSA) is 58.6 Å². The standard InChI is InChI=1S/C13H17F3N2O3S/c1-8-7-18(9(2)6-17-8)22(19,20)10-3-4-12(11(14)5-10)21-13(15)16/h3-5,8-9,13,17H,6-7H2,1-2H3. The maximum absolute atomic E-state index is 13.7. The van der Waals surface area contributed by atoms with Gasteiger partial charge in [0.1, 0.15) is 0 Å². The molecule has 1 aromatic carbocycles. The third-order valence-corrected chi connectivity index (χ3v) is 5.41. The Kier molecular flexibility index (Phi) is 4.98. The molecule has 1 fully saturated rings. The first-order chi connectivity index (χ1) is 10.2. The van der Waals surface area contributed by atoms with Crippen LogP contribution in [0.1, 0.15) is 13.8 Å². The Morgan fingerprint density at radius 2 is 2.05 bits per heavy atom. The van der Waals surface area contributed by atoms with Crippen LogP contribution in [0.25, 0.3) is 0 Å². The second-order valence-corrected chi connectivity index (χ2v) is 7.09. The fraction of sp³-hybridized carbons (Fsp3) is 0.538. The summed E-state index contributed by atoms with van der Waals surface area (Å²) in [6.45, 7) is 1.14. The zero-order valence-corrected chi connectivity index (χ0v) is 12.9. The van der Waals surface area contributed by atoms with Crippen molar-refractivity contribution in [2.75, 3.05) is 13.1 Å². The minimum Gasteiger partial charge on any atom is -0.432 e. The first-order valence-electron chi connectivity index (χ1n) is 6.71. The Morgan fingerprint density at radius 1 is 1.36 bits per heavy atom. The summed E-state index contributed by atoms with van der Waals surface area (Å²) in [5.41, 5.74) is 0. The lowest BCUT2D eigenvalue weighted by molar-refractivity contribution is -0.0522. The van der Waals surface area contributed by atoms with Gasteiger partial charge in [0.2, 0.25) is 10.0 Å². The first-order valence-corrected chi connectivity index (χ1v) is 8.15. The van der Waals surface area contributed by atoms with Gasteiger partial charge in [-0.2, -0.15) is 13.1 Å². The van der Waals surface area contributed by atoms with Crippen LogP contribution in [0.2, 0.25) is 0 Å². The zero-order valence-electron chi connectivity index (χ0n) is 12.1. The summed E-state index contributed by atoms with van der Waals surface area (Å²) in [5.74, 6) is -1.83. The molecule has 0 radical (unpaired) electrons. The smallest absolute Gasteiger partial charge is 0.387 e. The summed E-state index contributed by atoms with van der Waals surface area (Å²) in [7, 11) is -3.90. The second-order valence-electron chi connectivity index (χ2n) is 5.20. The maximum atomic E-state index is 13.7. The number of halogens is 3. The van der Waals surface area contributed by atoms with Crippen LogP contribution in [0, 0.1) is 5.82 Å². The highest BCUT2D eigenvalue weighted by Crippen LogP contribution is 2.26. The number of piperazine rings is 1. The summed E-state index contributed by atoms with van der Waals surface area (Å²) in [6.07, 6.45) is 0. The number of alkyl halides is 2. The van der Waals surface area contributed by atoms with Crippen LogP contribution >= 0.6 is 0 Å². The van der Waals surface area contributed by atoms with Crippen molar-refractivity contribution < 1.29 is 26.3 Å². The maximum Gasteiger partial charge on any atom is 0.387 e. The fourth-order valence-corrected chi connectivity index (χ4v) is 4.02. The normalized spacial score (nSPS) is 23.7. The third kappa shape index (κ3) is 3.53. The quantitative estimate of drug-likeness (QED) is 0.909. The lowest BCUT2D eigenvalue weighted by Gasteiger charge is -2.36. The van der Waals surface area contributed by atoms with Gasteiger partial charge in [-0.05, 0) is 32.0 Å². The van der Waals surface area contributed by atoms with E-state index in [2.05, 4.69) is 10.1 Å². The van der Waals surface area contributed by atoms with Crippen molar-refractivity contribution in [1.29, 1.82) is 0 Å². The van der Waals surface area contributed by atoms with Crippen molar-refractivity contribution in [2.24, 2.45) is 0 Å². The van der Waals surface area contributed by atoms with Crippen LogP contribution in [-0.2, 0) is 10.0 Å². The minimum atomic E-state index is -3.90. The largest absolute Gasteiger partial charge is 0.432 e. The van der Waals surface area contributed by atoms with Gasteiger partial charge in [0.15, 0.2) is 11.6 Å². The van der Waals surface area contributed by atoms with Crippen LogP contribution in [0.3, 0.4) is 0 Å². The van der Waals surface area contributed by atoms with Crippen LogP contribution in [0.4, 0.5) is 13.2 Å². The number of benzene rings is 1. The molecule has 2 atom stereocenters. The van der Waals surface area contributed by atoms with Gasteiger partial charge in [-0.15, -0.1) is 0 Å². The highest BCUT2D eigenvalue weighted by atomic mass is 32.2. The molecule has 2 rings (SSSR count). The number of nitrogens with one attached hydrogen (secondary N) is 1. The molecule has 2 unspecified atom stereocenters. The Morgan fingerprint density at radius 3 is 2.64 bits per heavy atom. The number of sulfonamides is 1. The van der Waals surface area contributed by atoms with E-state index in [1.54, 1.807) is 6.92 Å². The highest BCUT2D eigenvalue weighted by molar-refractivity contribution is 7.89. The highest BCUT2D eigenvalue weighted by Gasteiger charge is 2.33. The van der Waals surface area contributed by atoms with E-state index in [1.807, 2.05) is 6.92 Å². The van der Waals surface area contributed by atoms with Crippen LogP contribution < -0.4 is 10.1 Å². The van der Waals surface area contributed by atoms with E-state index in [0.29, 0.717) is 12.6 Å². The number of nitrogens with zero attached hydrogens (tertiary/aromatic N) is 1. The van der Waals surface area contributed by atoms with Crippen molar-refractivity contribution in [2.45, 2.75) is 37.4 Å². The summed E-state index contributed by atoms with van der Waals surface area (Å²) >= 11 is 0. The number of hydrogen-bond donors (Lipinski definition) is 1. The number of hydrogen-bond acceptors (Lipinski definition) is 4. The molecule has 0 amide bonds. The molecule has 1 aromatic rings. The average Bonchev–Trinajstić information content (AvgIpc) is 2.43. The van der Waals surface area contributed by atoms with E-state index in [0.717, 1.165) is 12.1 Å². The van der Waals surface area contributed by atoms with Crippen molar-refractivity contribution in [3.8, 4) is 5.75 Å². The summed E-state index contributed by atoms with van der Waals surface area (Å²) in [4.78, 5) is -0.285. The molecule has 0 saturated carbocycles. The molecule has 5 nitrogen and oxygen atoms in total. The molecular weight excluding hydrogens is 321 g/mol. The molecule has 1 aliphatic heterocycles. The number of ether oxygens (including phenoxy) is 1. The monoisotopic (exact) mass is 338 g/mol. The molecule has 0 aromatic heterocycles. The van der Waals surface area contributed by atoms with Gasteiger partial charge >= 0.3 is 6.61 Å². The van der Waals surface area contributed by atoms with Crippen molar-refractivity contribution >= 4 is 10.0 Å². The average molecular weight is 338 g/mol. The van der Waals surface area contributed by atoms with E-state index >= 15 is 0 Å². The van der Waals surface area contributed by atoms with Crippen molar-refractivity contribution in [3.05, 3.63) is 24.0 Å². The molecule has 0 bridgehead atoms.